The molecule has 1 atom stereocenters. The van der Waals surface area contributed by atoms with Gasteiger partial charge in [0.15, 0.2) is 0 Å². The fourth-order valence-corrected chi connectivity index (χ4v) is 3.38. The van der Waals surface area contributed by atoms with Gasteiger partial charge in [0.05, 0.1) is 0 Å². The summed E-state index contributed by atoms with van der Waals surface area (Å²) in [5.74, 6) is 5.62. The smallest absolute Gasteiger partial charge is 0.242 e. The van der Waals surface area contributed by atoms with E-state index in [-0.39, 0.29) is 10.9 Å². The van der Waals surface area contributed by atoms with Gasteiger partial charge in [0.2, 0.25) is 10.0 Å². The first-order valence-corrected chi connectivity index (χ1v) is 7.63. The van der Waals surface area contributed by atoms with E-state index < -0.39 is 10.0 Å². The highest BCUT2D eigenvalue weighted by Crippen LogP contribution is 2.14. The molecule has 1 unspecified atom stereocenters. The number of hydrogen-bond acceptors (Lipinski definition) is 6. The summed E-state index contributed by atoms with van der Waals surface area (Å²) in [6.45, 7) is 1.74. The molecule has 2 heterocycles. The Kier molecular flexibility index (Phi) is 4.35. The predicted octanol–water partition coefficient (Wildman–Crippen LogP) is -0.260. The van der Waals surface area contributed by atoms with Crippen LogP contribution in [0.4, 0.5) is 5.82 Å². The van der Waals surface area contributed by atoms with Crippen LogP contribution in [0.5, 0.6) is 0 Å². The van der Waals surface area contributed by atoms with Gasteiger partial charge in [-0.3, -0.25) is 0 Å². The largest absolute Gasteiger partial charge is 0.308 e. The summed E-state index contributed by atoms with van der Waals surface area (Å²) in [6.07, 6.45) is 3.15. The number of nitrogens with one attached hydrogen (secondary N) is 2. The number of aromatic nitrogens is 1. The molecule has 1 aromatic heterocycles. The first-order valence-electron chi connectivity index (χ1n) is 6.15. The Bertz CT molecular complexity index is 516. The average Bonchev–Trinajstić information content (AvgIpc) is 2.38. The van der Waals surface area contributed by atoms with Crippen molar-refractivity contribution in [2.24, 2.45) is 5.84 Å². The third kappa shape index (κ3) is 3.63. The quantitative estimate of drug-likeness (QED) is 0.520. The Morgan fingerprint density at radius 3 is 2.84 bits per heavy atom. The predicted molar refractivity (Wildman–Crippen MR) is 72.9 cm³/mol. The normalized spacial score (nSPS) is 21.3. The van der Waals surface area contributed by atoms with Crippen molar-refractivity contribution in [2.75, 3.05) is 25.6 Å². The van der Waals surface area contributed by atoms with Crippen LogP contribution in [0, 0.1) is 0 Å². The van der Waals surface area contributed by atoms with Crippen LogP contribution in [0.15, 0.2) is 23.2 Å². The van der Waals surface area contributed by atoms with Crippen molar-refractivity contribution in [3.05, 3.63) is 18.3 Å². The van der Waals surface area contributed by atoms with E-state index in [1.807, 2.05) is 7.05 Å². The van der Waals surface area contributed by atoms with Crippen molar-refractivity contribution in [1.82, 2.24) is 14.6 Å². The lowest BCUT2D eigenvalue weighted by molar-refractivity contribution is 0.242. The van der Waals surface area contributed by atoms with Gasteiger partial charge in [0.1, 0.15) is 10.7 Å². The van der Waals surface area contributed by atoms with Crippen LogP contribution in [0.25, 0.3) is 0 Å². The standard InChI is InChI=1S/C11H19N5O2S/c1-16-6-2-3-9(8-16)15-19(17,18)10-4-5-11(14-12)13-7-10/h4-5,7,9,15H,2-3,6,8,12H2,1H3,(H,13,14). The lowest BCUT2D eigenvalue weighted by Gasteiger charge is -2.29. The molecule has 0 radical (unpaired) electrons. The first-order chi connectivity index (χ1) is 9.01. The van der Waals surface area contributed by atoms with E-state index >= 15 is 0 Å². The number of nitrogen functional groups attached to an aromatic ring is 1. The van der Waals surface area contributed by atoms with Gasteiger partial charge in [0, 0.05) is 18.8 Å². The summed E-state index contributed by atoms with van der Waals surface area (Å²) < 4.78 is 27.1. The molecule has 0 spiro atoms. The van der Waals surface area contributed by atoms with E-state index in [2.05, 4.69) is 20.0 Å². The molecule has 1 aliphatic rings. The van der Waals surface area contributed by atoms with E-state index in [0.29, 0.717) is 5.82 Å². The molecule has 106 valence electrons. The molecule has 0 aromatic carbocycles. The monoisotopic (exact) mass is 285 g/mol. The molecule has 1 aromatic rings. The second-order valence-electron chi connectivity index (χ2n) is 4.75. The number of hydrazine groups is 1. The van der Waals surface area contributed by atoms with Gasteiger partial charge in [-0.05, 0) is 38.6 Å². The van der Waals surface area contributed by atoms with Crippen molar-refractivity contribution in [2.45, 2.75) is 23.8 Å². The minimum absolute atomic E-state index is 0.0453. The molecule has 0 amide bonds. The summed E-state index contributed by atoms with van der Waals surface area (Å²) in [5.41, 5.74) is 2.36. The van der Waals surface area contributed by atoms with Crippen LogP contribution in [0.2, 0.25) is 0 Å². The van der Waals surface area contributed by atoms with Crippen molar-refractivity contribution in [1.29, 1.82) is 0 Å². The van der Waals surface area contributed by atoms with Crippen molar-refractivity contribution in [3.8, 4) is 0 Å². The Balaban J connectivity index is 2.08. The van der Waals surface area contributed by atoms with Crippen LogP contribution >= 0.6 is 0 Å². The lowest BCUT2D eigenvalue weighted by Crippen LogP contribution is -2.46. The maximum atomic E-state index is 12.2. The first kappa shape index (κ1) is 14.2. The number of likely N-dealkylation sites (N-methyl/N-ethyl adjacent to an activating group) is 1. The summed E-state index contributed by atoms with van der Waals surface area (Å²) in [6, 6.07) is 2.97. The van der Waals surface area contributed by atoms with Gasteiger partial charge >= 0.3 is 0 Å². The molecule has 1 saturated heterocycles. The molecule has 0 saturated carbocycles. The van der Waals surface area contributed by atoms with Crippen LogP contribution < -0.4 is 16.0 Å². The average molecular weight is 285 g/mol. The van der Waals surface area contributed by atoms with Gasteiger partial charge in [-0.1, -0.05) is 0 Å². The van der Waals surface area contributed by atoms with Crippen LogP contribution in [0.3, 0.4) is 0 Å². The van der Waals surface area contributed by atoms with Crippen LogP contribution in [-0.2, 0) is 10.0 Å². The van der Waals surface area contributed by atoms with Gasteiger partial charge in [-0.2, -0.15) is 0 Å². The molecule has 0 bridgehead atoms. The maximum Gasteiger partial charge on any atom is 0.242 e. The Morgan fingerprint density at radius 2 is 2.26 bits per heavy atom. The molecule has 8 heteroatoms. The fourth-order valence-electron chi connectivity index (χ4n) is 2.17. The third-order valence-electron chi connectivity index (χ3n) is 3.14. The van der Waals surface area contributed by atoms with Crippen LogP contribution in [-0.4, -0.2) is 44.5 Å². The number of hydrogen-bond donors (Lipinski definition) is 3. The molecule has 2 rings (SSSR count). The zero-order valence-corrected chi connectivity index (χ0v) is 11.7. The summed E-state index contributed by atoms with van der Waals surface area (Å²) in [7, 11) is -1.53. The zero-order valence-electron chi connectivity index (χ0n) is 10.8. The van der Waals surface area contributed by atoms with E-state index in [4.69, 9.17) is 5.84 Å². The number of rotatable bonds is 4. The fraction of sp³-hybridized carbons (Fsp3) is 0.545. The molecular formula is C11H19N5O2S. The van der Waals surface area contributed by atoms with E-state index in [1.54, 1.807) is 0 Å². The maximum absolute atomic E-state index is 12.2. The summed E-state index contributed by atoms with van der Waals surface area (Å²) in [4.78, 5) is 6.18. The Labute approximate surface area is 113 Å². The third-order valence-corrected chi connectivity index (χ3v) is 4.65. The SMILES string of the molecule is CN1CCCC(NS(=O)(=O)c2ccc(NN)nc2)C1. The highest BCUT2D eigenvalue weighted by Gasteiger charge is 2.23. The second kappa shape index (κ2) is 5.83. The molecular weight excluding hydrogens is 266 g/mol. The number of sulfonamides is 1. The molecule has 19 heavy (non-hydrogen) atoms. The van der Waals surface area contributed by atoms with Crippen molar-refractivity contribution in [3.63, 3.8) is 0 Å². The van der Waals surface area contributed by atoms with Gasteiger partial charge < -0.3 is 10.3 Å². The van der Waals surface area contributed by atoms with Crippen LogP contribution in [0.1, 0.15) is 12.8 Å². The minimum Gasteiger partial charge on any atom is -0.308 e. The topological polar surface area (TPSA) is 100 Å². The van der Waals surface area contributed by atoms with Crippen molar-refractivity contribution >= 4 is 15.8 Å². The Morgan fingerprint density at radius 1 is 1.47 bits per heavy atom. The molecule has 7 nitrogen and oxygen atoms in total. The number of nitrogens with two attached hydrogens (primary N) is 1. The van der Waals surface area contributed by atoms with E-state index in [1.165, 1.54) is 18.3 Å². The molecule has 1 fully saturated rings. The highest BCUT2D eigenvalue weighted by molar-refractivity contribution is 7.89. The van der Waals surface area contributed by atoms with Crippen molar-refractivity contribution < 1.29 is 8.42 Å². The summed E-state index contributed by atoms with van der Waals surface area (Å²) in [5, 5.41) is 0. The number of likely N-dealkylation sites (tertiary alicyclic amines) is 1. The second-order valence-corrected chi connectivity index (χ2v) is 6.46. The number of piperidine rings is 1. The van der Waals surface area contributed by atoms with E-state index in [9.17, 15) is 8.42 Å². The van der Waals surface area contributed by atoms with Gasteiger partial charge in [0.25, 0.3) is 0 Å². The number of anilines is 1. The summed E-state index contributed by atoms with van der Waals surface area (Å²) >= 11 is 0. The number of pyridine rings is 1. The van der Waals surface area contributed by atoms with E-state index in [0.717, 1.165) is 25.9 Å². The van der Waals surface area contributed by atoms with Gasteiger partial charge in [-0.15, -0.1) is 0 Å². The number of nitrogens with zero attached hydrogens (tertiary/aromatic N) is 2. The van der Waals surface area contributed by atoms with Gasteiger partial charge in [-0.25, -0.2) is 24.0 Å². The molecule has 1 aliphatic heterocycles. The zero-order chi connectivity index (χ0) is 13.9. The highest BCUT2D eigenvalue weighted by atomic mass is 32.2. The molecule has 4 N–H and O–H groups in total. The minimum atomic E-state index is -3.52. The Hall–Kier alpha value is -1.22. The lowest BCUT2D eigenvalue weighted by atomic mass is 10.1. The molecule has 0 aliphatic carbocycles.